The quantitative estimate of drug-likeness (QED) is 0.570. The second-order valence-electron chi connectivity index (χ2n) is 7.33. The highest BCUT2D eigenvalue weighted by Crippen LogP contribution is 2.32. The van der Waals surface area contributed by atoms with E-state index in [1.165, 1.54) is 12.0 Å². The summed E-state index contributed by atoms with van der Waals surface area (Å²) in [5, 5.41) is 15.3. The van der Waals surface area contributed by atoms with Crippen molar-refractivity contribution in [2.75, 3.05) is 5.32 Å². The molecule has 0 radical (unpaired) electrons. The summed E-state index contributed by atoms with van der Waals surface area (Å²) in [7, 11) is 0. The van der Waals surface area contributed by atoms with Crippen LogP contribution in [-0.4, -0.2) is 28.1 Å². The van der Waals surface area contributed by atoms with E-state index in [2.05, 4.69) is 15.6 Å². The third-order valence-corrected chi connectivity index (χ3v) is 5.28. The van der Waals surface area contributed by atoms with Gasteiger partial charge in [-0.05, 0) is 55.2 Å². The first-order valence-electron chi connectivity index (χ1n) is 9.83. The van der Waals surface area contributed by atoms with E-state index in [0.717, 1.165) is 48.0 Å². The SMILES string of the molecule is O=C(O)N[C@@H](Cc1ccncc1)C(=O)Nc1ccc2oc3c(c2c1)CCCCC3. The predicted octanol–water partition coefficient (Wildman–Crippen LogP) is 3.91. The molecule has 150 valence electrons. The van der Waals surface area contributed by atoms with Gasteiger partial charge < -0.3 is 20.2 Å². The topological polar surface area (TPSA) is 104 Å². The van der Waals surface area contributed by atoms with Crippen LogP contribution in [-0.2, 0) is 24.1 Å². The Morgan fingerprint density at radius 2 is 1.90 bits per heavy atom. The maximum atomic E-state index is 12.8. The summed E-state index contributed by atoms with van der Waals surface area (Å²) < 4.78 is 6.00. The number of aryl methyl sites for hydroxylation is 2. The Bertz CT molecular complexity index is 1030. The molecule has 1 aromatic carbocycles. The van der Waals surface area contributed by atoms with Gasteiger partial charge in [0.05, 0.1) is 0 Å². The number of carboxylic acid groups (broad SMARTS) is 1. The lowest BCUT2D eigenvalue weighted by molar-refractivity contribution is -0.118. The minimum absolute atomic E-state index is 0.240. The van der Waals surface area contributed by atoms with Gasteiger partial charge in [0.2, 0.25) is 5.91 Å². The zero-order valence-electron chi connectivity index (χ0n) is 16.0. The minimum Gasteiger partial charge on any atom is -0.465 e. The predicted molar refractivity (Wildman–Crippen MR) is 109 cm³/mol. The Hall–Kier alpha value is -3.35. The van der Waals surface area contributed by atoms with Crippen LogP contribution in [0, 0.1) is 0 Å². The van der Waals surface area contributed by atoms with E-state index in [0.29, 0.717) is 5.69 Å². The molecule has 2 amide bonds. The van der Waals surface area contributed by atoms with E-state index in [-0.39, 0.29) is 6.42 Å². The van der Waals surface area contributed by atoms with Crippen LogP contribution in [0.3, 0.4) is 0 Å². The summed E-state index contributed by atoms with van der Waals surface area (Å²) >= 11 is 0. The van der Waals surface area contributed by atoms with Gasteiger partial charge in [-0.1, -0.05) is 6.42 Å². The van der Waals surface area contributed by atoms with Gasteiger partial charge >= 0.3 is 6.09 Å². The molecule has 1 aliphatic carbocycles. The van der Waals surface area contributed by atoms with Crippen molar-refractivity contribution in [2.45, 2.75) is 44.6 Å². The van der Waals surface area contributed by atoms with Crippen LogP contribution >= 0.6 is 0 Å². The van der Waals surface area contributed by atoms with Crippen molar-refractivity contribution < 1.29 is 19.1 Å². The normalized spacial score (nSPS) is 14.6. The smallest absolute Gasteiger partial charge is 0.405 e. The number of nitrogens with one attached hydrogen (secondary N) is 2. The summed E-state index contributed by atoms with van der Waals surface area (Å²) in [4.78, 5) is 27.9. The lowest BCUT2D eigenvalue weighted by atomic mass is 10.0. The molecular weight excluding hydrogens is 370 g/mol. The number of aromatic nitrogens is 1. The van der Waals surface area contributed by atoms with Gasteiger partial charge in [-0.15, -0.1) is 0 Å². The summed E-state index contributed by atoms with van der Waals surface area (Å²) in [5.74, 6) is 0.641. The number of rotatable bonds is 5. The zero-order chi connectivity index (χ0) is 20.2. The number of amides is 2. The van der Waals surface area contributed by atoms with Gasteiger partial charge in [-0.2, -0.15) is 0 Å². The minimum atomic E-state index is -1.24. The molecule has 0 saturated heterocycles. The molecule has 2 aromatic heterocycles. The molecule has 3 N–H and O–H groups in total. The van der Waals surface area contributed by atoms with Crippen LogP contribution in [0.1, 0.15) is 36.1 Å². The molecule has 0 spiro atoms. The number of hydrogen-bond donors (Lipinski definition) is 3. The largest absolute Gasteiger partial charge is 0.465 e. The van der Waals surface area contributed by atoms with Crippen molar-refractivity contribution in [3.05, 3.63) is 59.6 Å². The molecule has 2 heterocycles. The maximum absolute atomic E-state index is 12.8. The summed E-state index contributed by atoms with van der Waals surface area (Å²) in [6, 6.07) is 8.18. The van der Waals surface area contributed by atoms with Gasteiger partial charge in [0.15, 0.2) is 0 Å². The molecule has 3 aromatic rings. The molecule has 4 rings (SSSR count). The van der Waals surface area contributed by atoms with Crippen molar-refractivity contribution in [3.8, 4) is 0 Å². The molecular formula is C22H23N3O4. The highest BCUT2D eigenvalue weighted by molar-refractivity contribution is 5.98. The number of fused-ring (bicyclic) bond motifs is 3. The molecule has 29 heavy (non-hydrogen) atoms. The van der Waals surface area contributed by atoms with Crippen LogP contribution in [0.25, 0.3) is 11.0 Å². The monoisotopic (exact) mass is 393 g/mol. The fourth-order valence-corrected chi connectivity index (χ4v) is 3.86. The molecule has 1 atom stereocenters. The number of hydrogen-bond acceptors (Lipinski definition) is 4. The molecule has 7 nitrogen and oxygen atoms in total. The third-order valence-electron chi connectivity index (χ3n) is 5.28. The van der Waals surface area contributed by atoms with Crippen LogP contribution < -0.4 is 10.6 Å². The number of benzene rings is 1. The molecule has 0 bridgehead atoms. The second-order valence-corrected chi connectivity index (χ2v) is 7.33. The maximum Gasteiger partial charge on any atom is 0.405 e. The van der Waals surface area contributed by atoms with Gasteiger partial charge in [0.1, 0.15) is 17.4 Å². The Morgan fingerprint density at radius 3 is 2.69 bits per heavy atom. The summed E-state index contributed by atoms with van der Waals surface area (Å²) in [6.07, 6.45) is 7.61. The van der Waals surface area contributed by atoms with Gasteiger partial charge in [0, 0.05) is 41.9 Å². The first-order chi connectivity index (χ1) is 14.1. The molecule has 0 saturated carbocycles. The molecule has 0 aliphatic heterocycles. The summed E-state index contributed by atoms with van der Waals surface area (Å²) in [5.41, 5.74) is 3.50. The number of furan rings is 1. The number of carbonyl (C=O) groups is 2. The molecule has 1 aliphatic rings. The Balaban J connectivity index is 1.55. The number of anilines is 1. The van der Waals surface area contributed by atoms with Crippen LogP contribution in [0.4, 0.5) is 10.5 Å². The van der Waals surface area contributed by atoms with Crippen molar-refractivity contribution >= 4 is 28.7 Å². The first-order valence-corrected chi connectivity index (χ1v) is 9.83. The third kappa shape index (κ3) is 4.39. The Morgan fingerprint density at radius 1 is 1.10 bits per heavy atom. The highest BCUT2D eigenvalue weighted by atomic mass is 16.4. The van der Waals surface area contributed by atoms with E-state index in [9.17, 15) is 9.59 Å². The first kappa shape index (κ1) is 19.0. The molecule has 0 unspecified atom stereocenters. The Labute approximate surface area is 168 Å². The van der Waals surface area contributed by atoms with Crippen LogP contribution in [0.15, 0.2) is 47.1 Å². The van der Waals surface area contributed by atoms with Crippen molar-refractivity contribution in [1.82, 2.24) is 10.3 Å². The van der Waals surface area contributed by atoms with Crippen molar-refractivity contribution in [3.63, 3.8) is 0 Å². The lowest BCUT2D eigenvalue weighted by Crippen LogP contribution is -2.44. The van der Waals surface area contributed by atoms with Gasteiger partial charge in [0.25, 0.3) is 0 Å². The van der Waals surface area contributed by atoms with Crippen LogP contribution in [0.5, 0.6) is 0 Å². The van der Waals surface area contributed by atoms with E-state index in [1.807, 2.05) is 12.1 Å². The molecule has 0 fully saturated rings. The number of carbonyl (C=O) groups excluding carboxylic acids is 1. The van der Waals surface area contributed by atoms with E-state index < -0.39 is 18.0 Å². The second kappa shape index (κ2) is 8.34. The number of pyridine rings is 1. The fraction of sp³-hybridized carbons (Fsp3) is 0.318. The van der Waals surface area contributed by atoms with E-state index >= 15 is 0 Å². The lowest BCUT2D eigenvalue weighted by Gasteiger charge is -2.17. The zero-order valence-corrected chi connectivity index (χ0v) is 16.0. The van der Waals surface area contributed by atoms with Crippen LogP contribution in [0.2, 0.25) is 0 Å². The summed E-state index contributed by atoms with van der Waals surface area (Å²) in [6.45, 7) is 0. The molecule has 7 heteroatoms. The van der Waals surface area contributed by atoms with E-state index in [1.54, 1.807) is 30.6 Å². The fourth-order valence-electron chi connectivity index (χ4n) is 3.86. The van der Waals surface area contributed by atoms with E-state index in [4.69, 9.17) is 9.52 Å². The average Bonchev–Trinajstić information content (AvgIpc) is 2.88. The highest BCUT2D eigenvalue weighted by Gasteiger charge is 2.22. The Kier molecular flexibility index (Phi) is 5.46. The van der Waals surface area contributed by atoms with Crippen molar-refractivity contribution in [2.24, 2.45) is 0 Å². The van der Waals surface area contributed by atoms with Gasteiger partial charge in [-0.25, -0.2) is 4.79 Å². The average molecular weight is 393 g/mol. The van der Waals surface area contributed by atoms with Crippen molar-refractivity contribution in [1.29, 1.82) is 0 Å². The number of nitrogens with zero attached hydrogens (tertiary/aromatic N) is 1. The standard InChI is InChI=1S/C22H23N3O4/c26-21(18(25-22(27)28)12-14-8-10-23-11-9-14)24-15-6-7-20-17(13-15)16-4-2-1-3-5-19(16)29-20/h6-11,13,18,25H,1-5,12H2,(H,24,26)(H,27,28)/t18-/m0/s1. The van der Waals surface area contributed by atoms with Gasteiger partial charge in [-0.3, -0.25) is 9.78 Å².